The first-order valence-electron chi connectivity index (χ1n) is 7.28. The van der Waals surface area contributed by atoms with Gasteiger partial charge in [0.2, 0.25) is 0 Å². The van der Waals surface area contributed by atoms with Crippen LogP contribution in [0.25, 0.3) is 10.2 Å². The molecule has 5 heteroatoms. The van der Waals surface area contributed by atoms with E-state index in [-0.39, 0.29) is 0 Å². The van der Waals surface area contributed by atoms with E-state index in [1.807, 2.05) is 6.92 Å². The second-order valence-electron chi connectivity index (χ2n) is 4.98. The lowest BCUT2D eigenvalue weighted by atomic mass is 10.0. The number of nitrogens with zero attached hydrogens (tertiary/aromatic N) is 2. The van der Waals surface area contributed by atoms with E-state index in [0.717, 1.165) is 41.2 Å². The highest BCUT2D eigenvalue weighted by atomic mass is 32.1. The molecule has 0 fully saturated rings. The van der Waals surface area contributed by atoms with Crippen LogP contribution in [0.5, 0.6) is 0 Å². The molecule has 2 aromatic rings. The molecule has 0 saturated carbocycles. The number of hydrogen-bond acceptors (Lipinski definition) is 5. The lowest BCUT2D eigenvalue weighted by molar-refractivity contribution is -0.0386. The Morgan fingerprint density at radius 2 is 2.10 bits per heavy atom. The fourth-order valence-corrected chi connectivity index (χ4v) is 2.88. The van der Waals surface area contributed by atoms with E-state index in [0.29, 0.717) is 6.61 Å². The summed E-state index contributed by atoms with van der Waals surface area (Å²) in [6, 6.07) is 2.08. The second kappa shape index (κ2) is 6.50. The summed E-state index contributed by atoms with van der Waals surface area (Å²) in [4.78, 5) is 10.5. The topological polar surface area (TPSA) is 47.0 Å². The molecule has 110 valence electrons. The fourth-order valence-electron chi connectivity index (χ4n) is 2.11. The predicted octanol–water partition coefficient (Wildman–Crippen LogP) is 4.17. The third-order valence-electron chi connectivity index (χ3n) is 3.48. The number of anilines is 1. The maximum Gasteiger partial charge on any atom is 0.163 e. The van der Waals surface area contributed by atoms with Crippen molar-refractivity contribution in [3.8, 4) is 0 Å². The van der Waals surface area contributed by atoms with Crippen LogP contribution in [0, 0.1) is 0 Å². The van der Waals surface area contributed by atoms with Gasteiger partial charge in [0.05, 0.1) is 5.39 Å². The molecule has 2 aromatic heterocycles. The number of rotatable bonds is 7. The van der Waals surface area contributed by atoms with Gasteiger partial charge in [-0.2, -0.15) is 0 Å². The smallest absolute Gasteiger partial charge is 0.163 e. The van der Waals surface area contributed by atoms with Crippen molar-refractivity contribution in [2.75, 3.05) is 18.5 Å². The Labute approximate surface area is 124 Å². The van der Waals surface area contributed by atoms with E-state index >= 15 is 0 Å². The molecule has 1 N–H and O–H groups in total. The minimum Gasteiger partial charge on any atom is -0.369 e. The molecule has 4 nitrogen and oxygen atoms in total. The van der Waals surface area contributed by atoms with Crippen LogP contribution in [0.1, 0.15) is 46.4 Å². The van der Waals surface area contributed by atoms with Crippen molar-refractivity contribution in [3.63, 3.8) is 0 Å². The van der Waals surface area contributed by atoms with Crippen LogP contribution >= 0.6 is 11.3 Å². The van der Waals surface area contributed by atoms with E-state index in [9.17, 15) is 0 Å². The summed E-state index contributed by atoms with van der Waals surface area (Å²) in [5, 5.41) is 6.56. The quantitative estimate of drug-likeness (QED) is 0.832. The molecule has 0 aliphatic carbocycles. The van der Waals surface area contributed by atoms with Gasteiger partial charge in [-0.05, 0) is 38.1 Å². The zero-order chi connectivity index (χ0) is 14.6. The summed E-state index contributed by atoms with van der Waals surface area (Å²) in [6.45, 7) is 9.91. The molecule has 0 spiro atoms. The molecule has 0 aromatic carbocycles. The van der Waals surface area contributed by atoms with Gasteiger partial charge in [0.25, 0.3) is 0 Å². The van der Waals surface area contributed by atoms with Crippen molar-refractivity contribution in [2.24, 2.45) is 0 Å². The highest BCUT2D eigenvalue weighted by Gasteiger charge is 2.29. The number of aromatic nitrogens is 2. The third kappa shape index (κ3) is 2.94. The van der Waals surface area contributed by atoms with Gasteiger partial charge >= 0.3 is 0 Å². The van der Waals surface area contributed by atoms with Crippen molar-refractivity contribution in [2.45, 2.75) is 46.1 Å². The van der Waals surface area contributed by atoms with Gasteiger partial charge < -0.3 is 10.1 Å². The Morgan fingerprint density at radius 1 is 1.30 bits per heavy atom. The largest absolute Gasteiger partial charge is 0.369 e. The molecule has 1 unspecified atom stereocenters. The molecule has 0 aliphatic heterocycles. The van der Waals surface area contributed by atoms with E-state index in [1.54, 1.807) is 11.3 Å². The predicted molar refractivity (Wildman–Crippen MR) is 85.5 cm³/mol. The standard InChI is InChI=1S/C15H23N3OS/c1-5-9-16-12-11-8-10-20-13(11)18-14(17-12)15(4,6-2)19-7-3/h8,10H,5-7,9H2,1-4H3,(H,16,17,18). The van der Waals surface area contributed by atoms with Gasteiger partial charge in [-0.15, -0.1) is 11.3 Å². The van der Waals surface area contributed by atoms with Crippen molar-refractivity contribution >= 4 is 27.4 Å². The lowest BCUT2D eigenvalue weighted by Gasteiger charge is -2.27. The molecule has 0 radical (unpaired) electrons. The van der Waals surface area contributed by atoms with Crippen LogP contribution < -0.4 is 5.32 Å². The SMILES string of the molecule is CCCNc1nc(C(C)(CC)OCC)nc2sccc12. The number of ether oxygens (including phenoxy) is 1. The Bertz CT molecular complexity index is 569. The molecule has 0 saturated heterocycles. The van der Waals surface area contributed by atoms with Crippen LogP contribution in [0.3, 0.4) is 0 Å². The highest BCUT2D eigenvalue weighted by Crippen LogP contribution is 2.32. The maximum absolute atomic E-state index is 5.90. The van der Waals surface area contributed by atoms with Crippen molar-refractivity contribution < 1.29 is 4.74 Å². The molecule has 0 amide bonds. The number of fused-ring (bicyclic) bond motifs is 1. The van der Waals surface area contributed by atoms with Gasteiger partial charge in [-0.1, -0.05) is 13.8 Å². The average molecular weight is 293 g/mol. The van der Waals surface area contributed by atoms with E-state index in [4.69, 9.17) is 14.7 Å². The van der Waals surface area contributed by atoms with Crippen molar-refractivity contribution in [1.82, 2.24) is 9.97 Å². The third-order valence-corrected chi connectivity index (χ3v) is 4.28. The summed E-state index contributed by atoms with van der Waals surface area (Å²) in [5.74, 6) is 1.70. The zero-order valence-corrected chi connectivity index (χ0v) is 13.5. The van der Waals surface area contributed by atoms with Gasteiger partial charge in [-0.25, -0.2) is 9.97 Å². The van der Waals surface area contributed by atoms with E-state index in [1.165, 1.54) is 0 Å². The van der Waals surface area contributed by atoms with Crippen LogP contribution in [-0.4, -0.2) is 23.1 Å². The van der Waals surface area contributed by atoms with Gasteiger partial charge in [0, 0.05) is 13.2 Å². The molecule has 2 heterocycles. The van der Waals surface area contributed by atoms with Crippen LogP contribution in [0.4, 0.5) is 5.82 Å². The summed E-state index contributed by atoms with van der Waals surface area (Å²) < 4.78 is 5.90. The summed E-state index contributed by atoms with van der Waals surface area (Å²) in [6.07, 6.45) is 1.92. The minimum absolute atomic E-state index is 0.421. The molecule has 2 rings (SSSR count). The van der Waals surface area contributed by atoms with Gasteiger partial charge in [0.15, 0.2) is 5.82 Å². The fraction of sp³-hybridized carbons (Fsp3) is 0.600. The first-order valence-corrected chi connectivity index (χ1v) is 8.16. The van der Waals surface area contributed by atoms with Gasteiger partial charge in [0.1, 0.15) is 16.2 Å². The van der Waals surface area contributed by atoms with Crippen LogP contribution in [0.15, 0.2) is 11.4 Å². The number of nitrogens with one attached hydrogen (secondary N) is 1. The molecular formula is C15H23N3OS. The molecule has 20 heavy (non-hydrogen) atoms. The van der Waals surface area contributed by atoms with Crippen molar-refractivity contribution in [3.05, 3.63) is 17.3 Å². The highest BCUT2D eigenvalue weighted by molar-refractivity contribution is 7.16. The van der Waals surface area contributed by atoms with Crippen molar-refractivity contribution in [1.29, 1.82) is 0 Å². The first kappa shape index (κ1) is 15.2. The second-order valence-corrected chi connectivity index (χ2v) is 5.87. The number of hydrogen-bond donors (Lipinski definition) is 1. The van der Waals surface area contributed by atoms with Gasteiger partial charge in [-0.3, -0.25) is 0 Å². The minimum atomic E-state index is -0.421. The van der Waals surface area contributed by atoms with Crippen LogP contribution in [-0.2, 0) is 10.3 Å². The maximum atomic E-state index is 5.90. The summed E-state index contributed by atoms with van der Waals surface area (Å²) in [7, 11) is 0. The Kier molecular flexibility index (Phi) is 4.94. The number of thiophene rings is 1. The average Bonchev–Trinajstić information content (AvgIpc) is 2.93. The van der Waals surface area contributed by atoms with E-state index in [2.05, 4.69) is 37.5 Å². The summed E-state index contributed by atoms with van der Waals surface area (Å²) >= 11 is 1.65. The lowest BCUT2D eigenvalue weighted by Crippen LogP contribution is -2.28. The Morgan fingerprint density at radius 3 is 2.75 bits per heavy atom. The van der Waals surface area contributed by atoms with E-state index < -0.39 is 5.60 Å². The normalized spacial score (nSPS) is 14.4. The first-order chi connectivity index (χ1) is 9.64. The monoisotopic (exact) mass is 293 g/mol. The summed E-state index contributed by atoms with van der Waals surface area (Å²) in [5.41, 5.74) is -0.421. The Hall–Kier alpha value is -1.20. The zero-order valence-electron chi connectivity index (χ0n) is 12.7. The molecule has 1 atom stereocenters. The molecule has 0 bridgehead atoms. The van der Waals surface area contributed by atoms with Crippen LogP contribution in [0.2, 0.25) is 0 Å². The molecular weight excluding hydrogens is 270 g/mol. The Balaban J connectivity index is 2.48. The molecule has 0 aliphatic rings.